The van der Waals surface area contributed by atoms with Crippen molar-refractivity contribution in [1.29, 1.82) is 0 Å². The molecule has 11 heteroatoms. The summed E-state index contributed by atoms with van der Waals surface area (Å²) >= 11 is 0. The topological polar surface area (TPSA) is 213 Å². The van der Waals surface area contributed by atoms with Gasteiger partial charge in [-0.15, -0.1) is 0 Å². The SMILES string of the molecule is N[C@@H](CC(=O)[O-])C(=O)[O-].N[C@@H](CC(=O)[O-])C(=O)[O-].[Cr+4]. The smallest absolute Gasteiger partial charge is 0.550 e. The van der Waals surface area contributed by atoms with E-state index in [-0.39, 0.29) is 17.4 Å². The first kappa shape index (κ1) is 22.5. The molecule has 0 saturated heterocycles. The molecule has 0 fully saturated rings. The van der Waals surface area contributed by atoms with Gasteiger partial charge >= 0.3 is 17.4 Å². The number of carboxylic acids is 4. The largest absolute Gasteiger partial charge is 4.00 e. The average molecular weight is 314 g/mol. The number of nitrogens with two attached hydrogens (primary N) is 2. The molecule has 0 amide bonds. The van der Waals surface area contributed by atoms with Crippen LogP contribution < -0.4 is 31.9 Å². The second-order valence-electron chi connectivity index (χ2n) is 3.00. The summed E-state index contributed by atoms with van der Waals surface area (Å²) in [4.78, 5) is 38.7. The van der Waals surface area contributed by atoms with Crippen molar-refractivity contribution in [3.05, 3.63) is 0 Å². The molecule has 0 aromatic rings. The molecule has 0 spiro atoms. The maximum atomic E-state index is 9.71. The van der Waals surface area contributed by atoms with Gasteiger partial charge in [-0.1, -0.05) is 0 Å². The Morgan fingerprint density at radius 1 is 0.737 bits per heavy atom. The van der Waals surface area contributed by atoms with Crippen LogP contribution >= 0.6 is 0 Å². The Bertz CT molecular complexity index is 303. The molecule has 0 aliphatic carbocycles. The van der Waals surface area contributed by atoms with Crippen LogP contribution in [0.4, 0.5) is 0 Å². The number of hydrogen-bond acceptors (Lipinski definition) is 10. The van der Waals surface area contributed by atoms with Crippen molar-refractivity contribution < 1.29 is 57.0 Å². The monoisotopic (exact) mass is 314 g/mol. The Morgan fingerprint density at radius 2 is 0.947 bits per heavy atom. The number of aliphatic carboxylic acids is 4. The van der Waals surface area contributed by atoms with Gasteiger partial charge in [-0.3, -0.25) is 0 Å². The summed E-state index contributed by atoms with van der Waals surface area (Å²) in [6.45, 7) is 0. The zero-order chi connectivity index (χ0) is 14.9. The third kappa shape index (κ3) is 16.3. The summed E-state index contributed by atoms with van der Waals surface area (Å²) in [5, 5.41) is 38.7. The van der Waals surface area contributed by atoms with Crippen LogP contribution in [0.3, 0.4) is 0 Å². The van der Waals surface area contributed by atoms with Crippen LogP contribution in [0.1, 0.15) is 12.8 Å². The van der Waals surface area contributed by atoms with E-state index in [9.17, 15) is 39.6 Å². The molecule has 0 aromatic heterocycles. The minimum absolute atomic E-state index is 0. The molecule has 0 unspecified atom stereocenters. The third-order valence-corrected chi connectivity index (χ3v) is 1.38. The van der Waals surface area contributed by atoms with Crippen molar-refractivity contribution in [3.8, 4) is 0 Å². The Kier molecular flexibility index (Phi) is 13.5. The summed E-state index contributed by atoms with van der Waals surface area (Å²) < 4.78 is 0. The summed E-state index contributed by atoms with van der Waals surface area (Å²) in [6, 6.07) is -2.93. The average Bonchev–Trinajstić information content (AvgIpc) is 2.16. The van der Waals surface area contributed by atoms with Crippen LogP contribution in [0.2, 0.25) is 0 Å². The first-order chi connectivity index (χ1) is 8.07. The van der Waals surface area contributed by atoms with E-state index in [2.05, 4.69) is 0 Å². The Hall–Kier alpha value is -1.67. The summed E-state index contributed by atoms with van der Waals surface area (Å²) in [6.07, 6.45) is -1.41. The van der Waals surface area contributed by atoms with Gasteiger partial charge in [0.15, 0.2) is 0 Å². The maximum Gasteiger partial charge on any atom is 4.00 e. The fourth-order valence-corrected chi connectivity index (χ4v) is 0.526. The van der Waals surface area contributed by atoms with E-state index < -0.39 is 48.8 Å². The van der Waals surface area contributed by atoms with E-state index in [1.165, 1.54) is 0 Å². The van der Waals surface area contributed by atoms with Crippen LogP contribution in [0, 0.1) is 0 Å². The van der Waals surface area contributed by atoms with Crippen LogP contribution in [-0.2, 0) is 36.5 Å². The van der Waals surface area contributed by atoms with Gasteiger partial charge in [-0.05, 0) is 0 Å². The molecule has 0 heterocycles. The van der Waals surface area contributed by atoms with E-state index in [1.807, 2.05) is 0 Å². The van der Waals surface area contributed by atoms with Gasteiger partial charge in [0.1, 0.15) is 0 Å². The van der Waals surface area contributed by atoms with Crippen LogP contribution in [-0.4, -0.2) is 36.0 Å². The zero-order valence-corrected chi connectivity index (χ0v) is 10.7. The maximum absolute atomic E-state index is 9.71. The number of hydrogen-bond donors (Lipinski definition) is 2. The second kappa shape index (κ2) is 11.4. The van der Waals surface area contributed by atoms with E-state index >= 15 is 0 Å². The zero-order valence-electron chi connectivity index (χ0n) is 9.40. The molecule has 0 aliphatic rings. The van der Waals surface area contributed by atoms with Gasteiger partial charge in [-0.25, -0.2) is 0 Å². The van der Waals surface area contributed by atoms with Crippen LogP contribution in [0.5, 0.6) is 0 Å². The minimum atomic E-state index is -1.58. The summed E-state index contributed by atoms with van der Waals surface area (Å²) in [5.41, 5.74) is 9.47. The predicted octanol–water partition coefficient (Wildman–Crippen LogP) is -7.60. The number of carbonyl (C=O) groups excluding carboxylic acids is 4. The van der Waals surface area contributed by atoms with Gasteiger partial charge in [0.05, 0.1) is 11.9 Å². The Labute approximate surface area is 118 Å². The van der Waals surface area contributed by atoms with Crippen molar-refractivity contribution in [1.82, 2.24) is 0 Å². The van der Waals surface area contributed by atoms with Gasteiger partial charge in [0.25, 0.3) is 0 Å². The minimum Gasteiger partial charge on any atom is -0.550 e. The predicted molar refractivity (Wildman–Crippen MR) is 45.2 cm³/mol. The second-order valence-corrected chi connectivity index (χ2v) is 3.00. The van der Waals surface area contributed by atoms with E-state index in [0.29, 0.717) is 0 Å². The number of carboxylic acid groups (broad SMARTS) is 4. The molecule has 4 N–H and O–H groups in total. The first-order valence-corrected chi connectivity index (χ1v) is 4.40. The van der Waals surface area contributed by atoms with E-state index in [4.69, 9.17) is 11.5 Å². The molecule has 2 atom stereocenters. The molecule has 0 saturated carbocycles. The van der Waals surface area contributed by atoms with Gasteiger partial charge in [-0.2, -0.15) is 0 Å². The molecule has 10 nitrogen and oxygen atoms in total. The van der Waals surface area contributed by atoms with Crippen molar-refractivity contribution in [2.75, 3.05) is 0 Å². The van der Waals surface area contributed by atoms with Crippen molar-refractivity contribution >= 4 is 23.9 Å². The standard InChI is InChI=1S/2C4H7NO4.Cr/c2*5-2(4(8)9)1-3(6)7;/h2*2H,1,5H2,(H,6,7)(H,8,9);/q;;+4/p-4/t2*2-;/m00./s1. The van der Waals surface area contributed by atoms with Crippen LogP contribution in [0.15, 0.2) is 0 Å². The van der Waals surface area contributed by atoms with Gasteiger partial charge in [0, 0.05) is 36.9 Å². The van der Waals surface area contributed by atoms with E-state index in [1.54, 1.807) is 0 Å². The first-order valence-electron chi connectivity index (χ1n) is 4.40. The molecule has 0 rings (SSSR count). The normalized spacial score (nSPS) is 11.9. The van der Waals surface area contributed by atoms with E-state index in [0.717, 1.165) is 0 Å². The molecular formula is C8H10CrN2O8. The molecule has 0 aromatic carbocycles. The Balaban J connectivity index is -0.000000256. The fraction of sp³-hybridized carbons (Fsp3) is 0.500. The molecule has 0 bridgehead atoms. The van der Waals surface area contributed by atoms with Crippen molar-refractivity contribution in [3.63, 3.8) is 0 Å². The Morgan fingerprint density at radius 3 is 1.00 bits per heavy atom. The molecule has 0 radical (unpaired) electrons. The third-order valence-electron chi connectivity index (χ3n) is 1.38. The molecular weight excluding hydrogens is 304 g/mol. The van der Waals surface area contributed by atoms with Crippen molar-refractivity contribution in [2.45, 2.75) is 24.9 Å². The summed E-state index contributed by atoms with van der Waals surface area (Å²) in [7, 11) is 0. The number of rotatable bonds is 6. The molecule has 0 aliphatic heterocycles. The quantitative estimate of drug-likeness (QED) is 0.472. The number of carbonyl (C=O) groups is 4. The van der Waals surface area contributed by atoms with Gasteiger partial charge in [0.2, 0.25) is 0 Å². The molecule has 19 heavy (non-hydrogen) atoms. The summed E-state index contributed by atoms with van der Waals surface area (Å²) in [5.74, 6) is -6.16. The van der Waals surface area contributed by atoms with Crippen molar-refractivity contribution in [2.24, 2.45) is 11.5 Å². The van der Waals surface area contributed by atoms with Crippen LogP contribution in [0.25, 0.3) is 0 Å². The fourth-order valence-electron chi connectivity index (χ4n) is 0.526. The molecule has 106 valence electrons. The van der Waals surface area contributed by atoms with Gasteiger partial charge < -0.3 is 51.1 Å².